The van der Waals surface area contributed by atoms with Crippen molar-refractivity contribution in [3.8, 4) is 33.4 Å². The van der Waals surface area contributed by atoms with Gasteiger partial charge in [0.05, 0.1) is 5.69 Å². The lowest BCUT2D eigenvalue weighted by atomic mass is 9.88. The van der Waals surface area contributed by atoms with Gasteiger partial charge >= 0.3 is 0 Å². The molecule has 158 valence electrons. The van der Waals surface area contributed by atoms with E-state index in [9.17, 15) is 4.79 Å². The highest BCUT2D eigenvalue weighted by molar-refractivity contribution is 6.08. The molecule has 1 aliphatic rings. The van der Waals surface area contributed by atoms with Crippen LogP contribution in [0, 0.1) is 0 Å². The topological polar surface area (TPSA) is 81.1 Å². The lowest BCUT2D eigenvalue weighted by Crippen LogP contribution is -2.11. The summed E-state index contributed by atoms with van der Waals surface area (Å²) in [6.07, 6.45) is 2.13. The molecular formula is C28H25N3O. The summed E-state index contributed by atoms with van der Waals surface area (Å²) in [4.78, 5) is 12.5. The Balaban J connectivity index is 0.00000119. The Morgan fingerprint density at radius 2 is 1.38 bits per heavy atom. The summed E-state index contributed by atoms with van der Waals surface area (Å²) in [5, 5.41) is 3.15. The number of carbonyl (C=O) groups is 1. The van der Waals surface area contributed by atoms with Crippen molar-refractivity contribution in [3.05, 3.63) is 115 Å². The van der Waals surface area contributed by atoms with Crippen LogP contribution in [0.1, 0.15) is 11.1 Å². The largest absolute Gasteiger partial charge is 0.322 e. The van der Waals surface area contributed by atoms with E-state index in [2.05, 4.69) is 78.2 Å². The summed E-state index contributed by atoms with van der Waals surface area (Å²) < 4.78 is 0. The Labute approximate surface area is 188 Å². The number of benzene rings is 4. The van der Waals surface area contributed by atoms with Gasteiger partial charge < -0.3 is 5.32 Å². The molecule has 0 aromatic heterocycles. The molecule has 0 atom stereocenters. The van der Waals surface area contributed by atoms with E-state index < -0.39 is 0 Å². The van der Waals surface area contributed by atoms with Gasteiger partial charge in [-0.25, -0.2) is 0 Å². The van der Waals surface area contributed by atoms with Gasteiger partial charge in [-0.15, -0.1) is 0 Å². The number of hydrazine groups is 1. The Bertz CT molecular complexity index is 1260. The number of hydrogen-bond donors (Lipinski definition) is 3. The number of nitrogens with one attached hydrogen (secondary N) is 1. The quantitative estimate of drug-likeness (QED) is 0.203. The maximum atomic E-state index is 12.5. The molecule has 4 nitrogen and oxygen atoms in total. The zero-order valence-electron chi connectivity index (χ0n) is 17.7. The maximum absolute atomic E-state index is 12.5. The third-order valence-corrected chi connectivity index (χ3v) is 5.69. The number of hydrogen-bond acceptors (Lipinski definition) is 3. The molecule has 0 unspecified atom stereocenters. The third-order valence-electron chi connectivity index (χ3n) is 5.69. The van der Waals surface area contributed by atoms with Crippen LogP contribution in [0.15, 0.2) is 104 Å². The van der Waals surface area contributed by atoms with Crippen LogP contribution in [-0.4, -0.2) is 5.91 Å². The molecule has 0 spiro atoms. The second-order valence-corrected chi connectivity index (χ2v) is 7.46. The van der Waals surface area contributed by atoms with Gasteiger partial charge in [0.15, 0.2) is 0 Å². The molecule has 0 heterocycles. The Morgan fingerprint density at radius 3 is 2.03 bits per heavy atom. The van der Waals surface area contributed by atoms with Crippen molar-refractivity contribution in [1.82, 2.24) is 0 Å². The van der Waals surface area contributed by atoms with E-state index in [-0.39, 0.29) is 5.91 Å². The molecule has 5 rings (SSSR count). The third kappa shape index (κ3) is 3.85. The molecule has 0 radical (unpaired) electrons. The van der Waals surface area contributed by atoms with Crippen LogP contribution in [0.4, 0.5) is 5.69 Å². The fourth-order valence-electron chi connectivity index (χ4n) is 4.34. The number of fused-ring (bicyclic) bond motifs is 3. The predicted octanol–water partition coefficient (Wildman–Crippen LogP) is 5.54. The lowest BCUT2D eigenvalue weighted by molar-refractivity contribution is -0.111. The van der Waals surface area contributed by atoms with Crippen molar-refractivity contribution in [2.45, 2.75) is 6.42 Å². The van der Waals surface area contributed by atoms with E-state index in [0.29, 0.717) is 0 Å². The molecule has 4 heteroatoms. The highest BCUT2D eigenvalue weighted by Gasteiger charge is 2.27. The minimum atomic E-state index is -0.199. The van der Waals surface area contributed by atoms with E-state index in [1.54, 1.807) is 0 Å². The SMILES string of the molecule is C=CC(=O)Nc1c2c(cc(-c3ccccc3)c1-c1ccccc1)-c1ccccc1C2.NN. The average Bonchev–Trinajstić information content (AvgIpc) is 3.25. The zero-order chi connectivity index (χ0) is 22.5. The highest BCUT2D eigenvalue weighted by atomic mass is 16.1. The average molecular weight is 420 g/mol. The van der Waals surface area contributed by atoms with Crippen molar-refractivity contribution in [2.24, 2.45) is 11.7 Å². The molecule has 5 N–H and O–H groups in total. The molecule has 4 aromatic rings. The zero-order valence-corrected chi connectivity index (χ0v) is 17.7. The first-order chi connectivity index (χ1) is 15.8. The van der Waals surface area contributed by atoms with Gasteiger partial charge in [-0.3, -0.25) is 16.5 Å². The lowest BCUT2D eigenvalue weighted by Gasteiger charge is -2.20. The van der Waals surface area contributed by atoms with Gasteiger partial charge in [0.1, 0.15) is 0 Å². The van der Waals surface area contributed by atoms with E-state index in [1.807, 2.05) is 36.4 Å². The summed E-state index contributed by atoms with van der Waals surface area (Å²) in [5.41, 5.74) is 10.1. The Kier molecular flexibility index (Phi) is 6.26. The molecule has 0 aliphatic heterocycles. The fourth-order valence-corrected chi connectivity index (χ4v) is 4.34. The van der Waals surface area contributed by atoms with Crippen molar-refractivity contribution in [2.75, 3.05) is 5.32 Å². The summed E-state index contributed by atoms with van der Waals surface area (Å²) in [6.45, 7) is 3.66. The first-order valence-electron chi connectivity index (χ1n) is 10.4. The minimum Gasteiger partial charge on any atom is -0.322 e. The van der Waals surface area contributed by atoms with Crippen molar-refractivity contribution in [3.63, 3.8) is 0 Å². The Hall–Kier alpha value is -3.99. The van der Waals surface area contributed by atoms with E-state index >= 15 is 0 Å². The molecule has 0 bridgehead atoms. The molecular weight excluding hydrogens is 394 g/mol. The molecule has 0 fully saturated rings. The predicted molar refractivity (Wildman–Crippen MR) is 133 cm³/mol. The van der Waals surface area contributed by atoms with Gasteiger partial charge in [-0.05, 0) is 51.1 Å². The van der Waals surface area contributed by atoms with Gasteiger partial charge in [0.2, 0.25) is 5.91 Å². The van der Waals surface area contributed by atoms with Gasteiger partial charge in [-0.2, -0.15) is 0 Å². The van der Waals surface area contributed by atoms with Crippen LogP contribution in [0.5, 0.6) is 0 Å². The smallest absolute Gasteiger partial charge is 0.247 e. The maximum Gasteiger partial charge on any atom is 0.247 e. The van der Waals surface area contributed by atoms with Crippen LogP contribution >= 0.6 is 0 Å². The summed E-state index contributed by atoms with van der Waals surface area (Å²) in [7, 11) is 0. The van der Waals surface area contributed by atoms with Crippen molar-refractivity contribution < 1.29 is 4.79 Å². The van der Waals surface area contributed by atoms with Crippen LogP contribution in [-0.2, 0) is 11.2 Å². The van der Waals surface area contributed by atoms with E-state index in [4.69, 9.17) is 0 Å². The van der Waals surface area contributed by atoms with Crippen LogP contribution in [0.3, 0.4) is 0 Å². The molecule has 1 amide bonds. The number of nitrogens with two attached hydrogens (primary N) is 2. The normalized spacial score (nSPS) is 10.9. The monoisotopic (exact) mass is 419 g/mol. The highest BCUT2D eigenvalue weighted by Crippen LogP contribution is 2.49. The number of carbonyl (C=O) groups excluding carboxylic acids is 1. The number of amides is 1. The van der Waals surface area contributed by atoms with Crippen molar-refractivity contribution >= 4 is 11.6 Å². The molecule has 1 aliphatic carbocycles. The molecule has 0 saturated heterocycles. The van der Waals surface area contributed by atoms with Gasteiger partial charge in [0.25, 0.3) is 0 Å². The first-order valence-corrected chi connectivity index (χ1v) is 10.4. The fraction of sp³-hybridized carbons (Fsp3) is 0.0357. The molecule has 32 heavy (non-hydrogen) atoms. The number of anilines is 1. The molecule has 4 aromatic carbocycles. The van der Waals surface area contributed by atoms with Crippen molar-refractivity contribution in [1.29, 1.82) is 0 Å². The van der Waals surface area contributed by atoms with Crippen LogP contribution in [0.2, 0.25) is 0 Å². The van der Waals surface area contributed by atoms with Gasteiger partial charge in [0, 0.05) is 12.0 Å². The van der Waals surface area contributed by atoms with Gasteiger partial charge in [-0.1, -0.05) is 91.5 Å². The van der Waals surface area contributed by atoms with E-state index in [0.717, 1.165) is 39.9 Å². The standard InChI is InChI=1S/C28H21NO.H4N2/c1-2-26(30)29-28-25-17-21-15-9-10-16-22(21)24(25)18-23(19-11-5-3-6-12-19)27(28)20-13-7-4-8-14-20;1-2/h2-16,18H,1,17H2,(H,29,30);1-2H2. The van der Waals surface area contributed by atoms with Crippen LogP contribution in [0.25, 0.3) is 33.4 Å². The second-order valence-electron chi connectivity index (χ2n) is 7.46. The molecule has 0 saturated carbocycles. The summed E-state index contributed by atoms with van der Waals surface area (Å²) >= 11 is 0. The first kappa shape index (κ1) is 21.2. The van der Waals surface area contributed by atoms with Crippen LogP contribution < -0.4 is 17.0 Å². The summed E-state index contributed by atoms with van der Waals surface area (Å²) in [6, 6.07) is 31.4. The Morgan fingerprint density at radius 1 is 0.781 bits per heavy atom. The second kappa shape index (κ2) is 9.43. The van der Waals surface area contributed by atoms with E-state index in [1.165, 1.54) is 22.8 Å². The number of rotatable bonds is 4. The summed E-state index contributed by atoms with van der Waals surface area (Å²) in [5.74, 6) is 7.80. The minimum absolute atomic E-state index is 0.199.